The maximum absolute atomic E-state index is 12.6. The summed E-state index contributed by atoms with van der Waals surface area (Å²) in [7, 11) is 1.95. The predicted octanol–water partition coefficient (Wildman–Crippen LogP) is 2.93. The Kier molecular flexibility index (Phi) is 5.55. The van der Waals surface area contributed by atoms with Crippen molar-refractivity contribution in [1.29, 1.82) is 0 Å². The zero-order valence-corrected chi connectivity index (χ0v) is 14.1. The summed E-state index contributed by atoms with van der Waals surface area (Å²) in [6.45, 7) is 2.52. The van der Waals surface area contributed by atoms with Crippen molar-refractivity contribution in [2.75, 3.05) is 26.7 Å². The normalized spacial score (nSPS) is 25.3. The summed E-state index contributed by atoms with van der Waals surface area (Å²) in [4.78, 5) is 17.1. The van der Waals surface area contributed by atoms with Gasteiger partial charge in [-0.1, -0.05) is 31.0 Å². The smallest absolute Gasteiger partial charge is 0.260 e. The lowest BCUT2D eigenvalue weighted by atomic mass is 9.88. The minimum Gasteiger partial charge on any atom is -0.484 e. The van der Waals surface area contributed by atoms with Crippen molar-refractivity contribution in [3.63, 3.8) is 0 Å². The second-order valence-corrected chi connectivity index (χ2v) is 6.77. The van der Waals surface area contributed by atoms with Crippen molar-refractivity contribution < 1.29 is 9.53 Å². The van der Waals surface area contributed by atoms with Gasteiger partial charge < -0.3 is 9.64 Å². The van der Waals surface area contributed by atoms with Crippen LogP contribution in [0.1, 0.15) is 38.5 Å². The Morgan fingerprint density at radius 1 is 1.13 bits per heavy atom. The Balaban J connectivity index is 1.58. The molecule has 1 aliphatic carbocycles. The van der Waals surface area contributed by atoms with Crippen molar-refractivity contribution in [2.45, 2.75) is 50.6 Å². The molecule has 4 nitrogen and oxygen atoms in total. The SMILES string of the molecule is CN(C(=O)COc1ccccc1)[C@@H]1CCCC[C@H]1N1CCCC1. The van der Waals surface area contributed by atoms with Crippen LogP contribution < -0.4 is 4.74 Å². The van der Waals surface area contributed by atoms with Gasteiger partial charge in [0.2, 0.25) is 0 Å². The molecule has 0 aromatic heterocycles. The average molecular weight is 316 g/mol. The molecule has 0 unspecified atom stereocenters. The van der Waals surface area contributed by atoms with Gasteiger partial charge in [0.25, 0.3) is 5.91 Å². The average Bonchev–Trinajstić information content (AvgIpc) is 3.14. The number of likely N-dealkylation sites (N-methyl/N-ethyl adjacent to an activating group) is 1. The maximum atomic E-state index is 12.6. The number of para-hydroxylation sites is 1. The first kappa shape index (κ1) is 16.3. The van der Waals surface area contributed by atoms with E-state index in [1.807, 2.05) is 42.3 Å². The van der Waals surface area contributed by atoms with Crippen LogP contribution in [0.15, 0.2) is 30.3 Å². The summed E-state index contributed by atoms with van der Waals surface area (Å²) in [6.07, 6.45) is 7.47. The van der Waals surface area contributed by atoms with E-state index in [0.717, 1.165) is 12.2 Å². The van der Waals surface area contributed by atoms with Crippen molar-refractivity contribution in [1.82, 2.24) is 9.80 Å². The first-order chi connectivity index (χ1) is 11.3. The molecule has 1 aliphatic heterocycles. The number of carbonyl (C=O) groups excluding carboxylic acids is 1. The summed E-state index contributed by atoms with van der Waals surface area (Å²) in [5.74, 6) is 0.846. The molecule has 1 aromatic rings. The summed E-state index contributed by atoms with van der Waals surface area (Å²) in [6, 6.07) is 10.5. The molecule has 0 spiro atoms. The van der Waals surface area contributed by atoms with Gasteiger partial charge in [-0.3, -0.25) is 9.69 Å². The van der Waals surface area contributed by atoms with E-state index in [0.29, 0.717) is 12.1 Å². The van der Waals surface area contributed by atoms with E-state index in [-0.39, 0.29) is 12.5 Å². The van der Waals surface area contributed by atoms with Gasteiger partial charge in [0, 0.05) is 19.1 Å². The largest absolute Gasteiger partial charge is 0.484 e. The highest BCUT2D eigenvalue weighted by molar-refractivity contribution is 5.78. The highest BCUT2D eigenvalue weighted by atomic mass is 16.5. The van der Waals surface area contributed by atoms with Crippen LogP contribution in [0.3, 0.4) is 0 Å². The van der Waals surface area contributed by atoms with Crippen LogP contribution >= 0.6 is 0 Å². The van der Waals surface area contributed by atoms with E-state index in [1.54, 1.807) is 0 Å². The number of ether oxygens (including phenoxy) is 1. The second-order valence-electron chi connectivity index (χ2n) is 6.77. The highest BCUT2D eigenvalue weighted by Crippen LogP contribution is 2.29. The van der Waals surface area contributed by atoms with Crippen LogP contribution in [0.25, 0.3) is 0 Å². The maximum Gasteiger partial charge on any atom is 0.260 e. The second kappa shape index (κ2) is 7.82. The molecule has 4 heteroatoms. The molecule has 2 aliphatic rings. The monoisotopic (exact) mass is 316 g/mol. The minimum absolute atomic E-state index is 0.0879. The van der Waals surface area contributed by atoms with Crippen LogP contribution in [0.4, 0.5) is 0 Å². The molecule has 1 saturated carbocycles. The number of carbonyl (C=O) groups is 1. The molecular formula is C19H28N2O2. The molecule has 3 rings (SSSR count). The predicted molar refractivity (Wildman–Crippen MR) is 91.6 cm³/mol. The number of nitrogens with zero attached hydrogens (tertiary/aromatic N) is 2. The molecule has 0 bridgehead atoms. The van der Waals surface area contributed by atoms with Crippen molar-refractivity contribution >= 4 is 5.91 Å². The van der Waals surface area contributed by atoms with Gasteiger partial charge in [-0.05, 0) is 50.9 Å². The zero-order valence-electron chi connectivity index (χ0n) is 14.1. The minimum atomic E-state index is 0.0879. The summed E-state index contributed by atoms with van der Waals surface area (Å²) in [5.41, 5.74) is 0. The van der Waals surface area contributed by atoms with Gasteiger partial charge in [0.15, 0.2) is 6.61 Å². The van der Waals surface area contributed by atoms with E-state index in [1.165, 1.54) is 45.2 Å². The summed E-state index contributed by atoms with van der Waals surface area (Å²) >= 11 is 0. The molecule has 1 amide bonds. The molecule has 1 saturated heterocycles. The van der Waals surface area contributed by atoms with Crippen molar-refractivity contribution in [3.8, 4) is 5.75 Å². The zero-order chi connectivity index (χ0) is 16.1. The molecule has 2 fully saturated rings. The number of hydrogen-bond acceptors (Lipinski definition) is 3. The van der Waals surface area contributed by atoms with Gasteiger partial charge in [-0.25, -0.2) is 0 Å². The third-order valence-electron chi connectivity index (χ3n) is 5.30. The fourth-order valence-corrected chi connectivity index (χ4v) is 3.99. The topological polar surface area (TPSA) is 32.8 Å². The summed E-state index contributed by atoms with van der Waals surface area (Å²) < 4.78 is 5.64. The molecule has 126 valence electrons. The fraction of sp³-hybridized carbons (Fsp3) is 0.632. The molecule has 23 heavy (non-hydrogen) atoms. The van der Waals surface area contributed by atoms with Gasteiger partial charge in [0.05, 0.1) is 0 Å². The number of likely N-dealkylation sites (tertiary alicyclic amines) is 1. The fourth-order valence-electron chi connectivity index (χ4n) is 3.99. The summed E-state index contributed by atoms with van der Waals surface area (Å²) in [5, 5.41) is 0. The molecule has 1 heterocycles. The molecule has 1 aromatic carbocycles. The van der Waals surface area contributed by atoms with Crippen LogP contribution in [0.5, 0.6) is 5.75 Å². The number of rotatable bonds is 5. The van der Waals surface area contributed by atoms with E-state index >= 15 is 0 Å². The quantitative estimate of drug-likeness (QED) is 0.837. The van der Waals surface area contributed by atoms with Crippen molar-refractivity contribution in [3.05, 3.63) is 30.3 Å². The van der Waals surface area contributed by atoms with Gasteiger partial charge in [-0.2, -0.15) is 0 Å². The Morgan fingerprint density at radius 3 is 2.57 bits per heavy atom. The highest BCUT2D eigenvalue weighted by Gasteiger charge is 2.35. The number of benzene rings is 1. The van der Waals surface area contributed by atoms with Crippen molar-refractivity contribution in [2.24, 2.45) is 0 Å². The van der Waals surface area contributed by atoms with E-state index in [2.05, 4.69) is 4.90 Å². The number of hydrogen-bond donors (Lipinski definition) is 0. The van der Waals surface area contributed by atoms with Crippen LogP contribution in [0.2, 0.25) is 0 Å². The van der Waals surface area contributed by atoms with E-state index in [4.69, 9.17) is 4.74 Å². The first-order valence-corrected chi connectivity index (χ1v) is 8.93. The van der Waals surface area contributed by atoms with Crippen LogP contribution in [-0.4, -0.2) is 54.5 Å². The van der Waals surface area contributed by atoms with Crippen LogP contribution in [0, 0.1) is 0 Å². The molecular weight excluding hydrogens is 288 g/mol. The van der Waals surface area contributed by atoms with E-state index < -0.39 is 0 Å². The third-order valence-corrected chi connectivity index (χ3v) is 5.30. The Bertz CT molecular complexity index is 499. The lowest BCUT2D eigenvalue weighted by Crippen LogP contribution is -2.53. The Hall–Kier alpha value is -1.55. The molecule has 2 atom stereocenters. The standard InChI is InChI=1S/C19H28N2O2/c1-20(19(22)15-23-16-9-3-2-4-10-16)17-11-5-6-12-18(17)21-13-7-8-14-21/h2-4,9-10,17-18H,5-8,11-15H2,1H3/t17-,18-/m1/s1. The lowest BCUT2D eigenvalue weighted by Gasteiger charge is -2.42. The molecule has 0 radical (unpaired) electrons. The van der Waals surface area contributed by atoms with Crippen LogP contribution in [-0.2, 0) is 4.79 Å². The van der Waals surface area contributed by atoms with Gasteiger partial charge in [-0.15, -0.1) is 0 Å². The Morgan fingerprint density at radius 2 is 1.83 bits per heavy atom. The van der Waals surface area contributed by atoms with E-state index in [9.17, 15) is 4.79 Å². The molecule has 0 N–H and O–H groups in total. The van der Waals surface area contributed by atoms with Gasteiger partial charge >= 0.3 is 0 Å². The first-order valence-electron chi connectivity index (χ1n) is 8.93. The third kappa shape index (κ3) is 4.05. The number of amides is 1. The van der Waals surface area contributed by atoms with Gasteiger partial charge in [0.1, 0.15) is 5.75 Å². The Labute approximate surface area is 139 Å². The lowest BCUT2D eigenvalue weighted by molar-refractivity contribution is -0.136.